The first-order chi connectivity index (χ1) is 9.52. The van der Waals surface area contributed by atoms with E-state index < -0.39 is 24.3 Å². The summed E-state index contributed by atoms with van der Waals surface area (Å²) in [6.07, 6.45) is -0.565. The molecule has 8 heteroatoms. The van der Waals surface area contributed by atoms with Gasteiger partial charge in [0.25, 0.3) is 5.56 Å². The van der Waals surface area contributed by atoms with Crippen molar-refractivity contribution in [2.45, 2.75) is 31.2 Å². The first kappa shape index (κ1) is 13.3. The highest BCUT2D eigenvalue weighted by atomic mass is 16.3. The van der Waals surface area contributed by atoms with Gasteiger partial charge in [0, 0.05) is 11.8 Å². The van der Waals surface area contributed by atoms with Gasteiger partial charge in [-0.3, -0.25) is 4.79 Å². The van der Waals surface area contributed by atoms with Gasteiger partial charge in [-0.25, -0.2) is 4.98 Å². The number of nitrogens with one attached hydrogen (secondary N) is 3. The van der Waals surface area contributed by atoms with Crippen molar-refractivity contribution < 1.29 is 15.3 Å². The topological polar surface area (TPSA) is 134 Å². The minimum atomic E-state index is -1.08. The summed E-state index contributed by atoms with van der Waals surface area (Å²) in [5, 5.41) is 32.0. The Morgan fingerprint density at radius 3 is 2.75 bits per heavy atom. The lowest BCUT2D eigenvalue weighted by molar-refractivity contribution is 0.0196. The maximum atomic E-state index is 11.8. The number of fused-ring (bicyclic) bond motifs is 1. The van der Waals surface area contributed by atoms with Gasteiger partial charge in [-0.1, -0.05) is 0 Å². The Bertz CT molecular complexity index is 694. The summed E-state index contributed by atoms with van der Waals surface area (Å²) >= 11 is 0. The molecule has 0 aromatic carbocycles. The smallest absolute Gasteiger partial charge is 0.275 e. The summed E-state index contributed by atoms with van der Waals surface area (Å²) in [7, 11) is 0. The number of aliphatic hydroxyl groups excluding tert-OH is 3. The molecule has 0 aliphatic carbocycles. The molecule has 2 aromatic rings. The van der Waals surface area contributed by atoms with Crippen LogP contribution in [0.15, 0.2) is 11.0 Å². The Hall–Kier alpha value is -1.74. The molecule has 0 bridgehead atoms. The van der Waals surface area contributed by atoms with Crippen LogP contribution >= 0.6 is 0 Å². The molecule has 4 unspecified atom stereocenters. The fourth-order valence-electron chi connectivity index (χ4n) is 2.68. The molecule has 108 valence electrons. The lowest BCUT2D eigenvalue weighted by Gasteiger charge is -2.14. The van der Waals surface area contributed by atoms with E-state index >= 15 is 0 Å². The number of hydrogen-bond donors (Lipinski definition) is 6. The summed E-state index contributed by atoms with van der Waals surface area (Å²) in [6, 6.07) is -1.20. The van der Waals surface area contributed by atoms with Crippen molar-refractivity contribution in [3.63, 3.8) is 0 Å². The maximum Gasteiger partial charge on any atom is 0.275 e. The molecule has 1 aliphatic heterocycles. The van der Waals surface area contributed by atoms with Gasteiger partial charge in [-0.15, -0.1) is 0 Å². The monoisotopic (exact) mass is 280 g/mol. The lowest BCUT2D eigenvalue weighted by atomic mass is 10.0. The van der Waals surface area contributed by atoms with Gasteiger partial charge in [0.05, 0.1) is 24.8 Å². The fourth-order valence-corrected chi connectivity index (χ4v) is 2.68. The predicted molar refractivity (Wildman–Crippen MR) is 70.2 cm³/mol. The van der Waals surface area contributed by atoms with Gasteiger partial charge in [-0.05, 0) is 6.92 Å². The molecule has 20 heavy (non-hydrogen) atoms. The van der Waals surface area contributed by atoms with E-state index in [0.717, 1.165) is 0 Å². The Balaban J connectivity index is 2.09. The molecular weight excluding hydrogens is 264 g/mol. The molecule has 0 spiro atoms. The van der Waals surface area contributed by atoms with Crippen LogP contribution in [-0.4, -0.2) is 55.1 Å². The zero-order chi connectivity index (χ0) is 14.4. The van der Waals surface area contributed by atoms with Gasteiger partial charge in [0.2, 0.25) is 0 Å². The van der Waals surface area contributed by atoms with Gasteiger partial charge < -0.3 is 30.6 Å². The van der Waals surface area contributed by atoms with Crippen LogP contribution in [0.1, 0.15) is 17.4 Å². The highest BCUT2D eigenvalue weighted by Crippen LogP contribution is 2.30. The predicted octanol–water partition coefficient (Wildman–Crippen LogP) is -1.71. The highest BCUT2D eigenvalue weighted by Gasteiger charge is 2.42. The Labute approximate surface area is 113 Å². The van der Waals surface area contributed by atoms with Crippen molar-refractivity contribution in [2.75, 3.05) is 6.61 Å². The molecule has 0 saturated carbocycles. The van der Waals surface area contributed by atoms with E-state index in [1.54, 1.807) is 13.1 Å². The van der Waals surface area contributed by atoms with Crippen LogP contribution < -0.4 is 10.9 Å². The second-order valence-electron chi connectivity index (χ2n) is 5.03. The first-order valence-electron chi connectivity index (χ1n) is 6.34. The van der Waals surface area contributed by atoms with E-state index in [0.29, 0.717) is 22.4 Å². The number of rotatable bonds is 2. The normalized spacial score (nSPS) is 30.2. The van der Waals surface area contributed by atoms with E-state index in [1.807, 2.05) is 0 Å². The minimum absolute atomic E-state index is 0.287. The average Bonchev–Trinajstić information content (AvgIpc) is 2.93. The number of aryl methyl sites for hydroxylation is 1. The molecule has 0 radical (unpaired) electrons. The zero-order valence-corrected chi connectivity index (χ0v) is 10.8. The molecule has 3 heterocycles. The van der Waals surface area contributed by atoms with Crippen LogP contribution in [0.5, 0.6) is 0 Å². The van der Waals surface area contributed by atoms with Crippen molar-refractivity contribution in [3.05, 3.63) is 27.9 Å². The van der Waals surface area contributed by atoms with Crippen molar-refractivity contribution in [3.8, 4) is 0 Å². The minimum Gasteiger partial charge on any atom is -0.395 e. The van der Waals surface area contributed by atoms with E-state index in [1.165, 1.54) is 0 Å². The Morgan fingerprint density at radius 1 is 1.35 bits per heavy atom. The van der Waals surface area contributed by atoms with E-state index in [2.05, 4.69) is 20.3 Å². The molecule has 8 nitrogen and oxygen atoms in total. The van der Waals surface area contributed by atoms with Gasteiger partial charge >= 0.3 is 0 Å². The van der Waals surface area contributed by atoms with Crippen LogP contribution in [0, 0.1) is 6.92 Å². The molecule has 2 aromatic heterocycles. The van der Waals surface area contributed by atoms with Crippen molar-refractivity contribution in [2.24, 2.45) is 0 Å². The van der Waals surface area contributed by atoms with Crippen LogP contribution in [0.2, 0.25) is 0 Å². The standard InChI is InChI=1S/C12H16N4O4/c1-4-14-7-5(2-13-9(7)12(20)15-4)8-11(19)10(18)6(3-17)16-8/h2,6,8,10-11,13,16-19H,3H2,1H3,(H,14,15,20). The third-order valence-electron chi connectivity index (χ3n) is 3.71. The second-order valence-corrected chi connectivity index (χ2v) is 5.03. The number of aromatic nitrogens is 3. The van der Waals surface area contributed by atoms with Crippen LogP contribution in [0.4, 0.5) is 0 Å². The molecule has 6 N–H and O–H groups in total. The zero-order valence-electron chi connectivity index (χ0n) is 10.8. The van der Waals surface area contributed by atoms with Crippen LogP contribution in [0.25, 0.3) is 11.0 Å². The summed E-state index contributed by atoms with van der Waals surface area (Å²) < 4.78 is 0. The Kier molecular flexibility index (Phi) is 3.09. The maximum absolute atomic E-state index is 11.8. The number of aromatic amines is 2. The molecule has 0 amide bonds. The lowest BCUT2D eigenvalue weighted by Crippen LogP contribution is -2.35. The summed E-state index contributed by atoms with van der Waals surface area (Å²) in [5.41, 5.74) is 1.08. The van der Waals surface area contributed by atoms with Crippen LogP contribution in [-0.2, 0) is 0 Å². The Morgan fingerprint density at radius 2 is 2.10 bits per heavy atom. The fraction of sp³-hybridized carbons (Fsp3) is 0.500. The summed E-state index contributed by atoms with van der Waals surface area (Å²) in [6.45, 7) is 1.38. The largest absolute Gasteiger partial charge is 0.395 e. The molecule has 1 aliphatic rings. The SMILES string of the molecule is Cc1nc2c(C3NC(CO)C(O)C3O)c[nH]c2c(=O)[nH]1. The number of nitrogens with zero attached hydrogens (tertiary/aromatic N) is 1. The van der Waals surface area contributed by atoms with Crippen LogP contribution in [0.3, 0.4) is 0 Å². The molecule has 3 rings (SSSR count). The van der Waals surface area contributed by atoms with Crippen molar-refractivity contribution in [1.82, 2.24) is 20.3 Å². The second kappa shape index (κ2) is 4.67. The number of hydrogen-bond acceptors (Lipinski definition) is 6. The molecule has 1 saturated heterocycles. The van der Waals surface area contributed by atoms with E-state index in [4.69, 9.17) is 5.11 Å². The molecule has 4 atom stereocenters. The number of H-pyrrole nitrogens is 2. The molecular formula is C12H16N4O4. The third-order valence-corrected chi connectivity index (χ3v) is 3.71. The summed E-state index contributed by atoms with van der Waals surface area (Å²) in [5.74, 6) is 0.468. The summed E-state index contributed by atoms with van der Waals surface area (Å²) in [4.78, 5) is 21.5. The highest BCUT2D eigenvalue weighted by molar-refractivity contribution is 5.78. The molecule has 1 fully saturated rings. The third kappa shape index (κ3) is 1.85. The van der Waals surface area contributed by atoms with Gasteiger partial charge in [0.1, 0.15) is 23.0 Å². The van der Waals surface area contributed by atoms with Crippen molar-refractivity contribution in [1.29, 1.82) is 0 Å². The number of aliphatic hydroxyl groups is 3. The van der Waals surface area contributed by atoms with E-state index in [-0.39, 0.29) is 12.2 Å². The average molecular weight is 280 g/mol. The quantitative estimate of drug-likeness (QED) is 0.388. The van der Waals surface area contributed by atoms with Crippen molar-refractivity contribution >= 4 is 11.0 Å². The first-order valence-corrected chi connectivity index (χ1v) is 6.34. The van der Waals surface area contributed by atoms with Gasteiger partial charge in [0.15, 0.2) is 0 Å². The van der Waals surface area contributed by atoms with E-state index in [9.17, 15) is 15.0 Å². The van der Waals surface area contributed by atoms with Gasteiger partial charge in [-0.2, -0.15) is 0 Å².